The van der Waals surface area contributed by atoms with E-state index in [9.17, 15) is 14.0 Å². The standard InChI is InChI=1S/C31H36FNO2/c32-23-16-17-25(26(18-23)22-14-15-22)30-31(35)27(21-8-3-1-2-4-9-21)19-29(34)33(30)28-13-7-11-20-10-5-6-12-24(20)28/h5-6,10,12,16-18,21-22,27-28,30H,1-4,7-9,11,13-15,19H2. The Balaban J connectivity index is 1.45. The molecule has 0 N–H and O–H groups in total. The van der Waals surface area contributed by atoms with Crippen LogP contribution in [0.25, 0.3) is 0 Å². The van der Waals surface area contributed by atoms with Crippen LogP contribution in [0.3, 0.4) is 0 Å². The molecule has 0 radical (unpaired) electrons. The zero-order chi connectivity index (χ0) is 23.9. The highest BCUT2D eigenvalue weighted by atomic mass is 19.1. The Bertz CT molecular complexity index is 1110. The van der Waals surface area contributed by atoms with E-state index in [1.54, 1.807) is 6.07 Å². The van der Waals surface area contributed by atoms with Crippen molar-refractivity contribution >= 4 is 11.7 Å². The van der Waals surface area contributed by atoms with Crippen LogP contribution in [-0.4, -0.2) is 16.6 Å². The molecule has 3 fully saturated rings. The number of nitrogens with zero attached hydrogens (tertiary/aromatic N) is 1. The predicted octanol–water partition coefficient (Wildman–Crippen LogP) is 7.21. The van der Waals surface area contributed by atoms with E-state index in [2.05, 4.69) is 18.2 Å². The summed E-state index contributed by atoms with van der Waals surface area (Å²) in [6.07, 6.45) is 12.1. The maximum absolute atomic E-state index is 14.4. The quantitative estimate of drug-likeness (QED) is 0.440. The first kappa shape index (κ1) is 22.9. The van der Waals surface area contributed by atoms with Crippen LogP contribution >= 0.6 is 0 Å². The first-order valence-electron chi connectivity index (χ1n) is 13.8. The maximum Gasteiger partial charge on any atom is 0.224 e. The number of carbonyl (C=O) groups excluding carboxylic acids is 2. The first-order valence-corrected chi connectivity index (χ1v) is 13.8. The smallest absolute Gasteiger partial charge is 0.224 e. The Kier molecular flexibility index (Phi) is 6.24. The molecule has 3 unspecified atom stereocenters. The van der Waals surface area contributed by atoms with E-state index >= 15 is 0 Å². The van der Waals surface area contributed by atoms with Crippen molar-refractivity contribution in [2.75, 3.05) is 0 Å². The second-order valence-corrected chi connectivity index (χ2v) is 11.3. The lowest BCUT2D eigenvalue weighted by molar-refractivity contribution is -0.154. The number of Topliss-reactive ketones (excluding diaryl/α,β-unsaturated/α-hetero) is 1. The fourth-order valence-corrected chi connectivity index (χ4v) is 7.21. The monoisotopic (exact) mass is 473 g/mol. The van der Waals surface area contributed by atoms with Gasteiger partial charge in [0.05, 0.1) is 6.04 Å². The van der Waals surface area contributed by atoms with E-state index in [0.717, 1.165) is 68.9 Å². The second kappa shape index (κ2) is 9.52. The van der Waals surface area contributed by atoms with E-state index in [-0.39, 0.29) is 29.5 Å². The summed E-state index contributed by atoms with van der Waals surface area (Å²) in [6.45, 7) is 0. The third kappa shape index (κ3) is 4.34. The van der Waals surface area contributed by atoms with Gasteiger partial charge in [0.1, 0.15) is 11.9 Å². The minimum absolute atomic E-state index is 0.0893. The van der Waals surface area contributed by atoms with Crippen LogP contribution in [0, 0.1) is 17.7 Å². The van der Waals surface area contributed by atoms with Crippen molar-refractivity contribution < 1.29 is 14.0 Å². The van der Waals surface area contributed by atoms with Crippen molar-refractivity contribution in [3.8, 4) is 0 Å². The van der Waals surface area contributed by atoms with Crippen LogP contribution < -0.4 is 0 Å². The average molecular weight is 474 g/mol. The Morgan fingerprint density at radius 1 is 0.771 bits per heavy atom. The zero-order valence-corrected chi connectivity index (χ0v) is 20.6. The van der Waals surface area contributed by atoms with Gasteiger partial charge >= 0.3 is 0 Å². The molecule has 1 amide bonds. The van der Waals surface area contributed by atoms with Gasteiger partial charge in [0.15, 0.2) is 5.78 Å². The van der Waals surface area contributed by atoms with Crippen LogP contribution in [-0.2, 0) is 16.0 Å². The number of likely N-dealkylation sites (tertiary alicyclic amines) is 1. The number of ketones is 1. The number of halogens is 1. The predicted molar refractivity (Wildman–Crippen MR) is 134 cm³/mol. The molecule has 2 aromatic rings. The lowest BCUT2D eigenvalue weighted by atomic mass is 9.73. The number of benzene rings is 2. The maximum atomic E-state index is 14.4. The number of hydrogen-bond donors (Lipinski definition) is 0. The van der Waals surface area contributed by atoms with Crippen molar-refractivity contribution in [3.05, 3.63) is 70.5 Å². The Labute approximate surface area is 208 Å². The van der Waals surface area contributed by atoms with E-state index in [1.807, 2.05) is 17.0 Å². The van der Waals surface area contributed by atoms with Gasteiger partial charge in [-0.2, -0.15) is 0 Å². The molecule has 3 atom stereocenters. The zero-order valence-electron chi connectivity index (χ0n) is 20.6. The topological polar surface area (TPSA) is 37.4 Å². The highest BCUT2D eigenvalue weighted by Crippen LogP contribution is 2.50. The third-order valence-electron chi connectivity index (χ3n) is 9.10. The van der Waals surface area contributed by atoms with Crippen LogP contribution in [0.15, 0.2) is 42.5 Å². The third-order valence-corrected chi connectivity index (χ3v) is 9.10. The van der Waals surface area contributed by atoms with E-state index in [0.29, 0.717) is 18.3 Å². The van der Waals surface area contributed by atoms with Crippen molar-refractivity contribution in [2.24, 2.45) is 11.8 Å². The molecule has 184 valence electrons. The number of hydrogen-bond acceptors (Lipinski definition) is 2. The van der Waals surface area contributed by atoms with Crippen LogP contribution in [0.4, 0.5) is 4.39 Å². The number of amides is 1. The summed E-state index contributed by atoms with van der Waals surface area (Å²) < 4.78 is 14.4. The summed E-state index contributed by atoms with van der Waals surface area (Å²) >= 11 is 0. The van der Waals surface area contributed by atoms with Gasteiger partial charge in [-0.3, -0.25) is 9.59 Å². The molecule has 4 heteroatoms. The molecule has 0 bridgehead atoms. The second-order valence-electron chi connectivity index (χ2n) is 11.3. The van der Waals surface area contributed by atoms with Gasteiger partial charge < -0.3 is 4.90 Å². The molecule has 3 nitrogen and oxygen atoms in total. The van der Waals surface area contributed by atoms with E-state index in [1.165, 1.54) is 30.0 Å². The van der Waals surface area contributed by atoms with E-state index in [4.69, 9.17) is 0 Å². The largest absolute Gasteiger partial charge is 0.321 e. The minimum atomic E-state index is -0.600. The molecule has 3 aliphatic carbocycles. The first-order chi connectivity index (χ1) is 17.1. The number of fused-ring (bicyclic) bond motifs is 1. The fourth-order valence-electron chi connectivity index (χ4n) is 7.21. The average Bonchev–Trinajstić information content (AvgIpc) is 3.73. The molecule has 1 heterocycles. The molecule has 35 heavy (non-hydrogen) atoms. The number of piperidine rings is 1. The molecular weight excluding hydrogens is 437 g/mol. The van der Waals surface area contributed by atoms with Crippen LogP contribution in [0.5, 0.6) is 0 Å². The summed E-state index contributed by atoms with van der Waals surface area (Å²) in [4.78, 5) is 30.4. The molecular formula is C31H36FNO2. The van der Waals surface area contributed by atoms with Gasteiger partial charge in [-0.25, -0.2) is 4.39 Å². The van der Waals surface area contributed by atoms with Crippen LogP contribution in [0.1, 0.15) is 111 Å². The highest BCUT2D eigenvalue weighted by Gasteiger charge is 2.49. The lowest BCUT2D eigenvalue weighted by Crippen LogP contribution is -2.51. The van der Waals surface area contributed by atoms with Crippen molar-refractivity contribution in [1.29, 1.82) is 0 Å². The van der Waals surface area contributed by atoms with Gasteiger partial charge in [0.25, 0.3) is 0 Å². The summed E-state index contributed by atoms with van der Waals surface area (Å²) in [7, 11) is 0. The van der Waals surface area contributed by atoms with Crippen molar-refractivity contribution in [1.82, 2.24) is 4.90 Å². The SMILES string of the molecule is O=C1C(C2CCCCCC2)CC(=O)N(C2CCCc3ccccc32)C1c1ccc(F)cc1C1CC1. The van der Waals surface area contributed by atoms with Crippen LogP contribution in [0.2, 0.25) is 0 Å². The lowest BCUT2D eigenvalue weighted by Gasteiger charge is -2.46. The number of aryl methyl sites for hydroxylation is 1. The molecule has 4 aliphatic rings. The molecule has 0 aromatic heterocycles. The Morgan fingerprint density at radius 3 is 2.31 bits per heavy atom. The number of rotatable bonds is 4. The molecule has 6 rings (SSSR count). The van der Waals surface area contributed by atoms with Gasteiger partial charge in [-0.15, -0.1) is 0 Å². The van der Waals surface area contributed by atoms with Gasteiger partial charge in [0, 0.05) is 12.3 Å². The molecule has 1 saturated heterocycles. The highest BCUT2D eigenvalue weighted by molar-refractivity contribution is 5.98. The summed E-state index contributed by atoms with van der Waals surface area (Å²) in [5.41, 5.74) is 4.31. The number of carbonyl (C=O) groups is 2. The van der Waals surface area contributed by atoms with Crippen molar-refractivity contribution in [2.45, 2.75) is 95.1 Å². The molecule has 2 saturated carbocycles. The summed E-state index contributed by atoms with van der Waals surface area (Å²) in [5.74, 6) is 0.451. The van der Waals surface area contributed by atoms with E-state index < -0.39 is 6.04 Å². The fraction of sp³-hybridized carbons (Fsp3) is 0.548. The molecule has 0 spiro atoms. The summed E-state index contributed by atoms with van der Waals surface area (Å²) in [5, 5.41) is 0. The van der Waals surface area contributed by atoms with Gasteiger partial charge in [-0.05, 0) is 91.2 Å². The van der Waals surface area contributed by atoms with Gasteiger partial charge in [0.2, 0.25) is 5.91 Å². The minimum Gasteiger partial charge on any atom is -0.321 e. The van der Waals surface area contributed by atoms with Crippen molar-refractivity contribution in [3.63, 3.8) is 0 Å². The summed E-state index contributed by atoms with van der Waals surface area (Å²) in [6, 6.07) is 12.7. The Morgan fingerprint density at radius 2 is 1.54 bits per heavy atom. The normalized spacial score (nSPS) is 28.0. The molecule has 1 aliphatic heterocycles. The molecule has 2 aromatic carbocycles. The van der Waals surface area contributed by atoms with Gasteiger partial charge in [-0.1, -0.05) is 56.0 Å². The Hall–Kier alpha value is -2.49.